The second kappa shape index (κ2) is 7.01. The number of ether oxygens (including phenoxy) is 1. The molecule has 6 nitrogen and oxygen atoms in total. The average molecular weight is 349 g/mol. The Labute approximate surface area is 151 Å². The highest BCUT2D eigenvalue weighted by Gasteiger charge is 2.19. The van der Waals surface area contributed by atoms with Crippen molar-refractivity contribution in [2.45, 2.75) is 0 Å². The largest absolute Gasteiger partial charge is 0.478 e. The van der Waals surface area contributed by atoms with Gasteiger partial charge in [0.15, 0.2) is 0 Å². The Morgan fingerprint density at radius 1 is 1.08 bits per heavy atom. The zero-order valence-electron chi connectivity index (χ0n) is 14.2. The van der Waals surface area contributed by atoms with Crippen LogP contribution in [0.3, 0.4) is 0 Å². The van der Waals surface area contributed by atoms with Crippen LogP contribution in [0, 0.1) is 0 Å². The number of carboxylic acid groups (broad SMARTS) is 1. The monoisotopic (exact) mass is 349 g/mol. The lowest BCUT2D eigenvalue weighted by molar-refractivity contribution is 0.0697. The molecule has 2 N–H and O–H groups in total. The molecule has 132 valence electrons. The van der Waals surface area contributed by atoms with Crippen LogP contribution in [0.4, 0.5) is 17.1 Å². The van der Waals surface area contributed by atoms with Crippen molar-refractivity contribution in [1.82, 2.24) is 4.98 Å². The van der Waals surface area contributed by atoms with E-state index in [0.29, 0.717) is 18.9 Å². The molecule has 0 aliphatic carbocycles. The third-order valence-corrected chi connectivity index (χ3v) is 4.50. The third kappa shape index (κ3) is 3.07. The lowest BCUT2D eigenvalue weighted by Crippen LogP contribution is -2.36. The van der Waals surface area contributed by atoms with Crippen LogP contribution in [-0.2, 0) is 4.74 Å². The number of carboxylic acids is 1. The third-order valence-electron chi connectivity index (χ3n) is 4.50. The summed E-state index contributed by atoms with van der Waals surface area (Å²) in [5.74, 6) is -1.00. The van der Waals surface area contributed by atoms with Gasteiger partial charge < -0.3 is 20.1 Å². The smallest absolute Gasteiger partial charge is 0.339 e. The van der Waals surface area contributed by atoms with Crippen molar-refractivity contribution < 1.29 is 14.6 Å². The number of carbonyl (C=O) groups is 1. The number of fused-ring (bicyclic) bond motifs is 1. The Kier molecular flexibility index (Phi) is 4.41. The van der Waals surface area contributed by atoms with Gasteiger partial charge in [-0.25, -0.2) is 4.79 Å². The Morgan fingerprint density at radius 2 is 1.85 bits per heavy atom. The molecule has 0 spiro atoms. The van der Waals surface area contributed by atoms with Gasteiger partial charge >= 0.3 is 5.97 Å². The van der Waals surface area contributed by atoms with Crippen molar-refractivity contribution in [2.24, 2.45) is 0 Å². The Balaban J connectivity index is 1.86. The second-order valence-electron chi connectivity index (χ2n) is 6.12. The fourth-order valence-corrected chi connectivity index (χ4v) is 3.23. The van der Waals surface area contributed by atoms with E-state index in [1.165, 1.54) is 6.20 Å². The van der Waals surface area contributed by atoms with Crippen molar-refractivity contribution in [2.75, 3.05) is 36.5 Å². The van der Waals surface area contributed by atoms with E-state index in [1.807, 2.05) is 48.5 Å². The van der Waals surface area contributed by atoms with E-state index in [-0.39, 0.29) is 5.56 Å². The van der Waals surface area contributed by atoms with Gasteiger partial charge in [0.2, 0.25) is 0 Å². The molecule has 0 unspecified atom stereocenters. The molecule has 1 fully saturated rings. The molecule has 2 aromatic carbocycles. The maximum Gasteiger partial charge on any atom is 0.339 e. The maximum absolute atomic E-state index is 11.7. The van der Waals surface area contributed by atoms with Gasteiger partial charge in [0.25, 0.3) is 0 Å². The van der Waals surface area contributed by atoms with E-state index < -0.39 is 5.97 Å². The minimum Gasteiger partial charge on any atom is -0.478 e. The van der Waals surface area contributed by atoms with Crippen LogP contribution in [0.5, 0.6) is 0 Å². The van der Waals surface area contributed by atoms with E-state index in [2.05, 4.69) is 15.2 Å². The predicted octanol–water partition coefficient (Wildman–Crippen LogP) is 3.51. The molecule has 0 atom stereocenters. The first-order chi connectivity index (χ1) is 12.7. The number of aromatic carboxylic acids is 1. The molecule has 3 aromatic rings. The maximum atomic E-state index is 11.7. The topological polar surface area (TPSA) is 74.7 Å². The van der Waals surface area contributed by atoms with Gasteiger partial charge in [0.05, 0.1) is 30.1 Å². The number of hydrogen-bond donors (Lipinski definition) is 2. The summed E-state index contributed by atoms with van der Waals surface area (Å²) in [5, 5.41) is 13.7. The van der Waals surface area contributed by atoms with Crippen molar-refractivity contribution >= 4 is 33.9 Å². The molecule has 1 aliphatic rings. The number of anilines is 3. The number of aromatic nitrogens is 1. The summed E-state index contributed by atoms with van der Waals surface area (Å²) in [4.78, 5) is 18.4. The minimum atomic E-state index is -1.00. The highest BCUT2D eigenvalue weighted by molar-refractivity contribution is 6.08. The zero-order valence-corrected chi connectivity index (χ0v) is 14.2. The SMILES string of the molecule is O=C(O)c1cnc2c(N3CCOCC3)cccc2c1Nc1ccccc1. The molecule has 0 radical (unpaired) electrons. The quantitative estimate of drug-likeness (QED) is 0.751. The normalized spacial score (nSPS) is 14.4. The molecule has 1 aromatic heterocycles. The number of rotatable bonds is 4. The Bertz CT molecular complexity index is 938. The predicted molar refractivity (Wildman–Crippen MR) is 101 cm³/mol. The van der Waals surface area contributed by atoms with Crippen LogP contribution >= 0.6 is 0 Å². The van der Waals surface area contributed by atoms with Gasteiger partial charge in [-0.05, 0) is 18.2 Å². The number of para-hydroxylation sites is 2. The first-order valence-corrected chi connectivity index (χ1v) is 8.54. The Morgan fingerprint density at radius 3 is 2.58 bits per heavy atom. The van der Waals surface area contributed by atoms with Gasteiger partial charge in [-0.3, -0.25) is 4.98 Å². The van der Waals surface area contributed by atoms with Crippen molar-refractivity contribution in [1.29, 1.82) is 0 Å². The van der Waals surface area contributed by atoms with Crippen LogP contribution in [0.2, 0.25) is 0 Å². The van der Waals surface area contributed by atoms with Crippen LogP contribution < -0.4 is 10.2 Å². The molecule has 1 saturated heterocycles. The summed E-state index contributed by atoms with van der Waals surface area (Å²) in [6.07, 6.45) is 1.43. The van der Waals surface area contributed by atoms with Gasteiger partial charge in [-0.15, -0.1) is 0 Å². The average Bonchev–Trinajstić information content (AvgIpc) is 2.69. The van der Waals surface area contributed by atoms with Crippen molar-refractivity contribution in [3.05, 3.63) is 60.3 Å². The molecule has 0 bridgehead atoms. The molecule has 4 rings (SSSR count). The molecule has 2 heterocycles. The standard InChI is InChI=1S/C20H19N3O3/c24-20(25)16-13-21-19-15(18(16)22-14-5-2-1-3-6-14)7-4-8-17(19)23-9-11-26-12-10-23/h1-8,13H,9-12H2,(H,21,22)(H,24,25). The van der Waals surface area contributed by atoms with Crippen molar-refractivity contribution in [3.8, 4) is 0 Å². The first-order valence-electron chi connectivity index (χ1n) is 8.54. The summed E-state index contributed by atoms with van der Waals surface area (Å²) >= 11 is 0. The fraction of sp³-hybridized carbons (Fsp3) is 0.200. The molecule has 6 heteroatoms. The summed E-state index contributed by atoms with van der Waals surface area (Å²) in [5.41, 5.74) is 3.33. The van der Waals surface area contributed by atoms with Crippen LogP contribution in [0.25, 0.3) is 10.9 Å². The van der Waals surface area contributed by atoms with E-state index in [9.17, 15) is 9.90 Å². The zero-order chi connectivity index (χ0) is 17.9. The molecule has 0 saturated carbocycles. The number of hydrogen-bond acceptors (Lipinski definition) is 5. The van der Waals surface area contributed by atoms with E-state index in [1.54, 1.807) is 0 Å². The van der Waals surface area contributed by atoms with Crippen LogP contribution in [-0.4, -0.2) is 42.4 Å². The fourth-order valence-electron chi connectivity index (χ4n) is 3.23. The lowest BCUT2D eigenvalue weighted by Gasteiger charge is -2.29. The lowest BCUT2D eigenvalue weighted by atomic mass is 10.1. The summed E-state index contributed by atoms with van der Waals surface area (Å²) in [6, 6.07) is 15.4. The highest BCUT2D eigenvalue weighted by atomic mass is 16.5. The summed E-state index contributed by atoms with van der Waals surface area (Å²) in [6.45, 7) is 2.95. The molecular weight excluding hydrogens is 330 g/mol. The van der Waals surface area contributed by atoms with E-state index in [0.717, 1.165) is 35.4 Å². The molecule has 26 heavy (non-hydrogen) atoms. The number of nitrogens with one attached hydrogen (secondary N) is 1. The first kappa shape index (κ1) is 16.4. The number of pyridine rings is 1. The van der Waals surface area contributed by atoms with Crippen LogP contribution in [0.1, 0.15) is 10.4 Å². The molecule has 1 aliphatic heterocycles. The molecular formula is C20H19N3O3. The number of morpholine rings is 1. The van der Waals surface area contributed by atoms with Crippen LogP contribution in [0.15, 0.2) is 54.7 Å². The minimum absolute atomic E-state index is 0.153. The van der Waals surface area contributed by atoms with Gasteiger partial charge in [0.1, 0.15) is 5.56 Å². The van der Waals surface area contributed by atoms with Gasteiger partial charge in [0, 0.05) is 30.4 Å². The van der Waals surface area contributed by atoms with Gasteiger partial charge in [-0.2, -0.15) is 0 Å². The summed E-state index contributed by atoms with van der Waals surface area (Å²) < 4.78 is 5.43. The number of benzene rings is 2. The number of nitrogens with zero attached hydrogens (tertiary/aromatic N) is 2. The molecule has 0 amide bonds. The van der Waals surface area contributed by atoms with Gasteiger partial charge in [-0.1, -0.05) is 30.3 Å². The second-order valence-corrected chi connectivity index (χ2v) is 6.12. The van der Waals surface area contributed by atoms with Crippen molar-refractivity contribution in [3.63, 3.8) is 0 Å². The highest BCUT2D eigenvalue weighted by Crippen LogP contribution is 2.34. The van der Waals surface area contributed by atoms with E-state index >= 15 is 0 Å². The summed E-state index contributed by atoms with van der Waals surface area (Å²) in [7, 11) is 0. The van der Waals surface area contributed by atoms with E-state index in [4.69, 9.17) is 4.74 Å². The Hall–Kier alpha value is -3.12.